The van der Waals surface area contributed by atoms with E-state index in [2.05, 4.69) is 0 Å². The second kappa shape index (κ2) is 4.27. The van der Waals surface area contributed by atoms with Crippen LogP contribution in [-0.4, -0.2) is 25.0 Å². The van der Waals surface area contributed by atoms with Crippen molar-refractivity contribution in [3.63, 3.8) is 0 Å². The van der Waals surface area contributed by atoms with E-state index in [9.17, 15) is 4.79 Å². The van der Waals surface area contributed by atoms with E-state index < -0.39 is 11.8 Å². The van der Waals surface area contributed by atoms with Crippen molar-refractivity contribution in [3.05, 3.63) is 0 Å². The summed E-state index contributed by atoms with van der Waals surface area (Å²) in [5.41, 5.74) is 10.3. The van der Waals surface area contributed by atoms with E-state index in [1.54, 1.807) is 13.8 Å². The van der Waals surface area contributed by atoms with Crippen LogP contribution in [0.3, 0.4) is 0 Å². The van der Waals surface area contributed by atoms with Crippen LogP contribution in [0.1, 0.15) is 13.8 Å². The number of nitrogens with two attached hydrogens (primary N) is 2. The molecule has 0 bridgehead atoms. The maximum Gasteiger partial charge on any atom is 0.308 e. The van der Waals surface area contributed by atoms with Crippen molar-refractivity contribution in [2.45, 2.75) is 19.8 Å². The first-order valence-electron chi connectivity index (χ1n) is 3.43. The Morgan fingerprint density at radius 2 is 1.73 bits per heavy atom. The molecule has 0 spiro atoms. The van der Waals surface area contributed by atoms with Gasteiger partial charge >= 0.3 is 5.91 Å². The zero-order chi connectivity index (χ0) is 8.91. The Morgan fingerprint density at radius 3 is 1.91 bits per heavy atom. The summed E-state index contributed by atoms with van der Waals surface area (Å²) < 4.78 is 9.62. The Kier molecular flexibility index (Phi) is 4.02. The summed E-state index contributed by atoms with van der Waals surface area (Å²) in [6, 6.07) is 0. The standard InChI is InChI=1S/C6H14N2O3/c1-3-10-6(8,5(7)9)11-4-2/h3-4,8H2,1-2H3,(H2,7,9). The highest BCUT2D eigenvalue weighted by Crippen LogP contribution is 2.03. The molecule has 66 valence electrons. The Hall–Kier alpha value is -0.650. The topological polar surface area (TPSA) is 87.6 Å². The lowest BCUT2D eigenvalue weighted by Crippen LogP contribution is -2.56. The molecule has 0 saturated heterocycles. The van der Waals surface area contributed by atoms with Gasteiger partial charge in [-0.05, 0) is 13.8 Å². The van der Waals surface area contributed by atoms with Gasteiger partial charge in [0.05, 0.1) is 0 Å². The predicted octanol–water partition coefficient (Wildman–Crippen LogP) is -0.843. The highest BCUT2D eigenvalue weighted by molar-refractivity contribution is 5.81. The number of ether oxygens (including phenoxy) is 2. The SMILES string of the molecule is CCOC(N)(OCC)C(N)=O. The molecule has 0 aliphatic heterocycles. The number of rotatable bonds is 5. The van der Waals surface area contributed by atoms with Crippen molar-refractivity contribution >= 4 is 5.91 Å². The minimum Gasteiger partial charge on any atom is -0.364 e. The van der Waals surface area contributed by atoms with Crippen LogP contribution in [0.15, 0.2) is 0 Å². The van der Waals surface area contributed by atoms with Crippen LogP contribution in [0.25, 0.3) is 0 Å². The number of hydrogen-bond donors (Lipinski definition) is 2. The van der Waals surface area contributed by atoms with Crippen molar-refractivity contribution in [1.82, 2.24) is 0 Å². The summed E-state index contributed by atoms with van der Waals surface area (Å²) in [5, 5.41) is 0. The lowest BCUT2D eigenvalue weighted by Gasteiger charge is -2.24. The van der Waals surface area contributed by atoms with Crippen LogP contribution in [0.2, 0.25) is 0 Å². The molecule has 1 amide bonds. The summed E-state index contributed by atoms with van der Waals surface area (Å²) in [6.45, 7) is 3.95. The first kappa shape index (κ1) is 10.3. The number of carbonyl (C=O) groups excluding carboxylic acids is 1. The van der Waals surface area contributed by atoms with Gasteiger partial charge in [-0.15, -0.1) is 0 Å². The smallest absolute Gasteiger partial charge is 0.308 e. The predicted molar refractivity (Wildman–Crippen MR) is 39.4 cm³/mol. The molecule has 4 N–H and O–H groups in total. The Morgan fingerprint density at radius 1 is 1.36 bits per heavy atom. The van der Waals surface area contributed by atoms with Gasteiger partial charge in [0.2, 0.25) is 0 Å². The molecule has 0 aromatic heterocycles. The molecule has 0 saturated carbocycles. The molecule has 0 fully saturated rings. The molecule has 0 atom stereocenters. The first-order valence-corrected chi connectivity index (χ1v) is 3.43. The fraction of sp³-hybridized carbons (Fsp3) is 0.833. The summed E-state index contributed by atoms with van der Waals surface area (Å²) >= 11 is 0. The van der Waals surface area contributed by atoms with E-state index in [4.69, 9.17) is 20.9 Å². The third-order valence-corrected chi connectivity index (χ3v) is 1.06. The zero-order valence-electron chi connectivity index (χ0n) is 6.79. The third-order valence-electron chi connectivity index (χ3n) is 1.06. The van der Waals surface area contributed by atoms with Gasteiger partial charge in [-0.3, -0.25) is 10.5 Å². The normalized spacial score (nSPS) is 11.5. The molecular formula is C6H14N2O3. The Bertz CT molecular complexity index is 132. The van der Waals surface area contributed by atoms with Crippen molar-refractivity contribution in [1.29, 1.82) is 0 Å². The average Bonchev–Trinajstić information content (AvgIpc) is 1.88. The number of carbonyl (C=O) groups is 1. The van der Waals surface area contributed by atoms with Gasteiger partial charge in [0.25, 0.3) is 5.91 Å². The first-order chi connectivity index (χ1) is 5.06. The fourth-order valence-corrected chi connectivity index (χ4v) is 0.613. The molecule has 0 unspecified atom stereocenters. The third kappa shape index (κ3) is 2.83. The Labute approximate surface area is 65.6 Å². The van der Waals surface area contributed by atoms with Crippen molar-refractivity contribution in [2.75, 3.05) is 13.2 Å². The van der Waals surface area contributed by atoms with Gasteiger partial charge in [0.1, 0.15) is 0 Å². The van der Waals surface area contributed by atoms with Crippen LogP contribution < -0.4 is 11.5 Å². The van der Waals surface area contributed by atoms with Crippen LogP contribution in [0, 0.1) is 0 Å². The summed E-state index contributed by atoms with van der Waals surface area (Å²) in [6.07, 6.45) is 0. The number of hydrogen-bond acceptors (Lipinski definition) is 4. The lowest BCUT2D eigenvalue weighted by atomic mass is 10.4. The maximum absolute atomic E-state index is 10.6. The van der Waals surface area contributed by atoms with E-state index in [1.165, 1.54) is 0 Å². The van der Waals surface area contributed by atoms with Crippen LogP contribution in [-0.2, 0) is 14.3 Å². The zero-order valence-corrected chi connectivity index (χ0v) is 6.79. The van der Waals surface area contributed by atoms with Crippen molar-refractivity contribution < 1.29 is 14.3 Å². The van der Waals surface area contributed by atoms with Gasteiger partial charge < -0.3 is 15.2 Å². The summed E-state index contributed by atoms with van der Waals surface area (Å²) in [5.74, 6) is -2.58. The minimum absolute atomic E-state index is 0.277. The molecule has 0 aliphatic rings. The van der Waals surface area contributed by atoms with Crippen molar-refractivity contribution in [2.24, 2.45) is 11.5 Å². The largest absolute Gasteiger partial charge is 0.364 e. The van der Waals surface area contributed by atoms with Gasteiger partial charge in [0.15, 0.2) is 0 Å². The van der Waals surface area contributed by atoms with Gasteiger partial charge in [-0.2, -0.15) is 0 Å². The molecule has 0 rings (SSSR count). The number of amides is 1. The van der Waals surface area contributed by atoms with Gasteiger partial charge in [-0.25, -0.2) is 0 Å². The van der Waals surface area contributed by atoms with Crippen LogP contribution in [0.5, 0.6) is 0 Å². The van der Waals surface area contributed by atoms with Crippen LogP contribution in [0.4, 0.5) is 0 Å². The van der Waals surface area contributed by atoms with E-state index in [-0.39, 0.29) is 13.2 Å². The van der Waals surface area contributed by atoms with Crippen molar-refractivity contribution in [3.8, 4) is 0 Å². The molecule has 0 heterocycles. The molecular weight excluding hydrogens is 148 g/mol. The molecule has 0 aliphatic carbocycles. The number of primary amides is 1. The second-order valence-corrected chi connectivity index (χ2v) is 1.90. The highest BCUT2D eigenvalue weighted by Gasteiger charge is 2.33. The minimum atomic E-state index is -1.76. The quantitative estimate of drug-likeness (QED) is 0.516. The van der Waals surface area contributed by atoms with E-state index in [0.717, 1.165) is 0 Å². The lowest BCUT2D eigenvalue weighted by molar-refractivity contribution is -0.222. The van der Waals surface area contributed by atoms with Crippen LogP contribution >= 0.6 is 0 Å². The maximum atomic E-state index is 10.6. The molecule has 0 radical (unpaired) electrons. The van der Waals surface area contributed by atoms with E-state index >= 15 is 0 Å². The average molecular weight is 162 g/mol. The summed E-state index contributed by atoms with van der Waals surface area (Å²) in [7, 11) is 0. The van der Waals surface area contributed by atoms with E-state index in [0.29, 0.717) is 0 Å². The molecule has 5 heteroatoms. The Balaban J connectivity index is 4.13. The highest BCUT2D eigenvalue weighted by atomic mass is 16.7. The summed E-state index contributed by atoms with van der Waals surface area (Å²) in [4.78, 5) is 10.6. The molecule has 0 aromatic rings. The van der Waals surface area contributed by atoms with Gasteiger partial charge in [0, 0.05) is 13.2 Å². The molecule has 5 nitrogen and oxygen atoms in total. The molecule has 11 heavy (non-hydrogen) atoms. The molecule has 0 aromatic carbocycles. The second-order valence-electron chi connectivity index (χ2n) is 1.90. The fourth-order valence-electron chi connectivity index (χ4n) is 0.613. The van der Waals surface area contributed by atoms with E-state index in [1.807, 2.05) is 0 Å². The van der Waals surface area contributed by atoms with Gasteiger partial charge in [-0.1, -0.05) is 0 Å². The monoisotopic (exact) mass is 162 g/mol.